The lowest BCUT2D eigenvalue weighted by Gasteiger charge is -2.24. The van der Waals surface area contributed by atoms with Gasteiger partial charge < -0.3 is 10.4 Å². The number of hydrogen-bond acceptors (Lipinski definition) is 3. The SMILES string of the molecule is CCCC(C)NC(=O)C(C)N(C)CCC(=O)O.Cl. The number of nitrogens with one attached hydrogen (secondary N) is 1. The molecule has 0 aromatic heterocycles. The van der Waals surface area contributed by atoms with Crippen molar-refractivity contribution in [3.63, 3.8) is 0 Å². The normalized spacial score (nSPS) is 13.6. The van der Waals surface area contributed by atoms with E-state index in [-0.39, 0.29) is 36.8 Å². The van der Waals surface area contributed by atoms with Crippen molar-refractivity contribution >= 4 is 24.3 Å². The molecule has 0 spiro atoms. The first kappa shape index (κ1) is 19.5. The molecule has 0 bridgehead atoms. The maximum Gasteiger partial charge on any atom is 0.304 e. The number of carboxylic acid groups (broad SMARTS) is 1. The Balaban J connectivity index is 0. The van der Waals surface area contributed by atoms with E-state index in [2.05, 4.69) is 12.2 Å². The fourth-order valence-corrected chi connectivity index (χ4v) is 1.53. The van der Waals surface area contributed by atoms with Gasteiger partial charge in [-0.15, -0.1) is 12.4 Å². The molecular formula is C12H25ClN2O3. The Kier molecular flexibility index (Phi) is 11.0. The van der Waals surface area contributed by atoms with E-state index in [0.717, 1.165) is 12.8 Å². The van der Waals surface area contributed by atoms with Crippen molar-refractivity contribution in [2.75, 3.05) is 13.6 Å². The number of nitrogens with zero attached hydrogens (tertiary/aromatic N) is 1. The van der Waals surface area contributed by atoms with E-state index < -0.39 is 5.97 Å². The van der Waals surface area contributed by atoms with Gasteiger partial charge >= 0.3 is 5.97 Å². The first-order valence-electron chi connectivity index (χ1n) is 6.10. The predicted octanol–water partition coefficient (Wildman–Crippen LogP) is 1.51. The first-order valence-corrected chi connectivity index (χ1v) is 6.10. The molecule has 0 saturated heterocycles. The Bertz CT molecular complexity index is 262. The van der Waals surface area contributed by atoms with Gasteiger partial charge in [0.2, 0.25) is 5.91 Å². The maximum absolute atomic E-state index is 11.8. The Hall–Kier alpha value is -0.810. The van der Waals surface area contributed by atoms with Gasteiger partial charge in [0.25, 0.3) is 0 Å². The second-order valence-electron chi connectivity index (χ2n) is 4.50. The molecule has 1 amide bonds. The van der Waals surface area contributed by atoms with Crippen molar-refractivity contribution in [1.82, 2.24) is 10.2 Å². The Morgan fingerprint density at radius 2 is 1.89 bits per heavy atom. The topological polar surface area (TPSA) is 69.6 Å². The maximum atomic E-state index is 11.8. The number of rotatable bonds is 8. The van der Waals surface area contributed by atoms with Crippen LogP contribution in [-0.2, 0) is 9.59 Å². The second-order valence-corrected chi connectivity index (χ2v) is 4.50. The number of carboxylic acids is 1. The van der Waals surface area contributed by atoms with Gasteiger partial charge in [-0.05, 0) is 27.3 Å². The van der Waals surface area contributed by atoms with Gasteiger partial charge in [-0.1, -0.05) is 13.3 Å². The summed E-state index contributed by atoms with van der Waals surface area (Å²) < 4.78 is 0. The summed E-state index contributed by atoms with van der Waals surface area (Å²) in [4.78, 5) is 24.0. The highest BCUT2D eigenvalue weighted by molar-refractivity contribution is 5.85. The van der Waals surface area contributed by atoms with E-state index in [1.807, 2.05) is 6.92 Å². The Morgan fingerprint density at radius 1 is 1.33 bits per heavy atom. The molecule has 5 nitrogen and oxygen atoms in total. The Morgan fingerprint density at radius 3 is 2.33 bits per heavy atom. The van der Waals surface area contributed by atoms with Gasteiger partial charge in [0.1, 0.15) is 0 Å². The minimum Gasteiger partial charge on any atom is -0.481 e. The molecule has 6 heteroatoms. The predicted molar refractivity (Wildman–Crippen MR) is 74.1 cm³/mol. The molecule has 0 aliphatic heterocycles. The van der Waals surface area contributed by atoms with E-state index >= 15 is 0 Å². The van der Waals surface area contributed by atoms with Crippen LogP contribution in [0, 0.1) is 0 Å². The molecule has 0 aromatic carbocycles. The van der Waals surface area contributed by atoms with Crippen molar-refractivity contribution < 1.29 is 14.7 Å². The summed E-state index contributed by atoms with van der Waals surface area (Å²) in [6, 6.07) is -0.128. The quantitative estimate of drug-likeness (QED) is 0.707. The number of carbonyl (C=O) groups is 2. The molecule has 0 radical (unpaired) electrons. The number of hydrogen-bond donors (Lipinski definition) is 2. The summed E-state index contributed by atoms with van der Waals surface area (Å²) in [6.45, 7) is 6.22. The molecule has 18 heavy (non-hydrogen) atoms. The van der Waals surface area contributed by atoms with Crippen LogP contribution in [0.15, 0.2) is 0 Å². The summed E-state index contributed by atoms with van der Waals surface area (Å²) in [7, 11) is 1.76. The van der Waals surface area contributed by atoms with Gasteiger partial charge in [0, 0.05) is 12.6 Å². The van der Waals surface area contributed by atoms with E-state index in [9.17, 15) is 9.59 Å². The number of amides is 1. The zero-order chi connectivity index (χ0) is 13.4. The third kappa shape index (κ3) is 8.31. The summed E-state index contributed by atoms with van der Waals surface area (Å²) in [5.74, 6) is -0.886. The summed E-state index contributed by atoms with van der Waals surface area (Å²) >= 11 is 0. The second kappa shape index (κ2) is 10.1. The molecule has 0 saturated carbocycles. The number of likely N-dealkylation sites (N-methyl/N-ethyl adjacent to an activating group) is 1. The van der Waals surface area contributed by atoms with Crippen LogP contribution in [0.1, 0.15) is 40.0 Å². The molecule has 108 valence electrons. The average molecular weight is 281 g/mol. The fraction of sp³-hybridized carbons (Fsp3) is 0.833. The van der Waals surface area contributed by atoms with E-state index in [1.165, 1.54) is 0 Å². The zero-order valence-corrected chi connectivity index (χ0v) is 12.4. The van der Waals surface area contributed by atoms with Crippen LogP contribution in [0.4, 0.5) is 0 Å². The van der Waals surface area contributed by atoms with Gasteiger partial charge in [-0.3, -0.25) is 14.5 Å². The standard InChI is InChI=1S/C12H24N2O3.ClH/c1-5-6-9(2)13-12(17)10(3)14(4)8-7-11(15)16;/h9-10H,5-8H2,1-4H3,(H,13,17)(H,15,16);1H. The summed E-state index contributed by atoms with van der Waals surface area (Å²) in [5.41, 5.74) is 0. The lowest BCUT2D eigenvalue weighted by molar-refractivity contribution is -0.138. The van der Waals surface area contributed by atoms with Crippen LogP contribution in [0.2, 0.25) is 0 Å². The van der Waals surface area contributed by atoms with Crippen molar-refractivity contribution in [2.24, 2.45) is 0 Å². The molecule has 0 aromatic rings. The largest absolute Gasteiger partial charge is 0.481 e. The van der Waals surface area contributed by atoms with Crippen molar-refractivity contribution in [2.45, 2.75) is 52.1 Å². The molecule has 2 unspecified atom stereocenters. The monoisotopic (exact) mass is 280 g/mol. The molecule has 0 aliphatic carbocycles. The minimum absolute atomic E-state index is 0. The minimum atomic E-state index is -0.844. The summed E-state index contributed by atoms with van der Waals surface area (Å²) in [5, 5.41) is 11.5. The van der Waals surface area contributed by atoms with Gasteiger partial charge in [-0.2, -0.15) is 0 Å². The highest BCUT2D eigenvalue weighted by Crippen LogP contribution is 2.00. The van der Waals surface area contributed by atoms with Crippen LogP contribution < -0.4 is 5.32 Å². The van der Waals surface area contributed by atoms with Crippen LogP contribution in [0.3, 0.4) is 0 Å². The van der Waals surface area contributed by atoms with Crippen molar-refractivity contribution in [3.8, 4) is 0 Å². The fourth-order valence-electron chi connectivity index (χ4n) is 1.53. The van der Waals surface area contributed by atoms with Gasteiger partial charge in [0.15, 0.2) is 0 Å². The number of aliphatic carboxylic acids is 1. The number of carbonyl (C=O) groups excluding carboxylic acids is 1. The smallest absolute Gasteiger partial charge is 0.304 e. The molecular weight excluding hydrogens is 256 g/mol. The van der Waals surface area contributed by atoms with Crippen LogP contribution in [0.25, 0.3) is 0 Å². The summed E-state index contributed by atoms with van der Waals surface area (Å²) in [6.07, 6.45) is 2.04. The van der Waals surface area contributed by atoms with Gasteiger partial charge in [-0.25, -0.2) is 0 Å². The first-order chi connectivity index (χ1) is 7.88. The molecule has 2 N–H and O–H groups in total. The highest BCUT2D eigenvalue weighted by atomic mass is 35.5. The zero-order valence-electron chi connectivity index (χ0n) is 11.6. The molecule has 0 fully saturated rings. The highest BCUT2D eigenvalue weighted by Gasteiger charge is 2.19. The molecule has 0 heterocycles. The van der Waals surface area contributed by atoms with Crippen LogP contribution >= 0.6 is 12.4 Å². The van der Waals surface area contributed by atoms with Crippen LogP contribution in [0.5, 0.6) is 0 Å². The molecule has 2 atom stereocenters. The third-order valence-electron chi connectivity index (χ3n) is 2.83. The average Bonchev–Trinajstić information content (AvgIpc) is 2.24. The van der Waals surface area contributed by atoms with E-state index in [4.69, 9.17) is 5.11 Å². The lowest BCUT2D eigenvalue weighted by atomic mass is 10.1. The Labute approximate surface area is 115 Å². The molecule has 0 rings (SSSR count). The van der Waals surface area contributed by atoms with Crippen LogP contribution in [-0.4, -0.2) is 47.6 Å². The van der Waals surface area contributed by atoms with Crippen molar-refractivity contribution in [1.29, 1.82) is 0 Å². The van der Waals surface area contributed by atoms with Gasteiger partial charge in [0.05, 0.1) is 12.5 Å². The third-order valence-corrected chi connectivity index (χ3v) is 2.83. The van der Waals surface area contributed by atoms with E-state index in [0.29, 0.717) is 6.54 Å². The molecule has 0 aliphatic rings. The lowest BCUT2D eigenvalue weighted by Crippen LogP contribution is -2.46. The number of halogens is 1. The van der Waals surface area contributed by atoms with Crippen molar-refractivity contribution in [3.05, 3.63) is 0 Å². The van der Waals surface area contributed by atoms with E-state index in [1.54, 1.807) is 18.9 Å².